The summed E-state index contributed by atoms with van der Waals surface area (Å²) in [6.07, 6.45) is 12.4. The first-order chi connectivity index (χ1) is 22.9. The van der Waals surface area contributed by atoms with Crippen LogP contribution < -0.4 is 0 Å². The minimum atomic E-state index is -0.0404. The van der Waals surface area contributed by atoms with E-state index in [1.807, 2.05) is 24.3 Å². The molecule has 6 nitrogen and oxygen atoms in total. The van der Waals surface area contributed by atoms with Gasteiger partial charge in [0.15, 0.2) is 0 Å². The Morgan fingerprint density at radius 1 is 0.574 bits per heavy atom. The molecule has 47 heavy (non-hydrogen) atoms. The molecule has 6 rings (SSSR count). The Bertz CT molecular complexity index is 1770. The number of nitrogens with zero attached hydrogens (tertiary/aromatic N) is 4. The first kappa shape index (κ1) is 32.9. The third-order valence-electron chi connectivity index (χ3n) is 10.5. The highest BCUT2D eigenvalue weighted by Crippen LogP contribution is 2.57. The molecular formula is C41H50N4O2. The number of unbranched alkanes of at least 4 members (excludes halogenated alkanes) is 2. The largest absolute Gasteiger partial charge is 0.421 e. The van der Waals surface area contributed by atoms with E-state index < -0.39 is 0 Å². The van der Waals surface area contributed by atoms with E-state index in [1.54, 1.807) is 6.92 Å². The maximum absolute atomic E-state index is 6.37. The lowest BCUT2D eigenvalue weighted by molar-refractivity contribution is 0.266. The Labute approximate surface area is 280 Å². The van der Waals surface area contributed by atoms with Crippen LogP contribution in [-0.2, 0) is 5.41 Å². The van der Waals surface area contributed by atoms with E-state index in [4.69, 9.17) is 8.83 Å². The zero-order valence-electron chi connectivity index (χ0n) is 29.1. The highest BCUT2D eigenvalue weighted by molar-refractivity contribution is 5.83. The van der Waals surface area contributed by atoms with Crippen molar-refractivity contribution in [3.63, 3.8) is 0 Å². The molecule has 2 atom stereocenters. The fourth-order valence-corrected chi connectivity index (χ4v) is 7.76. The average molecular weight is 631 g/mol. The van der Waals surface area contributed by atoms with Crippen LogP contribution in [0.2, 0.25) is 0 Å². The smallest absolute Gasteiger partial charge is 0.248 e. The Morgan fingerprint density at radius 2 is 1.06 bits per heavy atom. The third-order valence-corrected chi connectivity index (χ3v) is 10.5. The topological polar surface area (TPSA) is 77.8 Å². The molecule has 0 N–H and O–H groups in total. The molecule has 246 valence electrons. The van der Waals surface area contributed by atoms with Crippen molar-refractivity contribution in [2.75, 3.05) is 0 Å². The van der Waals surface area contributed by atoms with E-state index >= 15 is 0 Å². The fraction of sp³-hybridized carbons (Fsp3) is 0.463. The molecule has 1 aliphatic rings. The van der Waals surface area contributed by atoms with Crippen molar-refractivity contribution >= 4 is 0 Å². The Hall–Kier alpha value is -4.06. The third kappa shape index (κ3) is 6.70. The molecular weight excluding hydrogens is 580 g/mol. The van der Waals surface area contributed by atoms with Gasteiger partial charge in [0.25, 0.3) is 0 Å². The summed E-state index contributed by atoms with van der Waals surface area (Å²) >= 11 is 0. The number of aromatic nitrogens is 4. The summed E-state index contributed by atoms with van der Waals surface area (Å²) in [6.45, 7) is 13.5. The van der Waals surface area contributed by atoms with Gasteiger partial charge in [0.1, 0.15) is 0 Å². The highest BCUT2D eigenvalue weighted by atomic mass is 16.4. The Balaban J connectivity index is 1.41. The van der Waals surface area contributed by atoms with Gasteiger partial charge in [-0.3, -0.25) is 0 Å². The van der Waals surface area contributed by atoms with Gasteiger partial charge in [0, 0.05) is 29.0 Å². The summed E-state index contributed by atoms with van der Waals surface area (Å²) in [6, 6.07) is 21.8. The van der Waals surface area contributed by atoms with Crippen molar-refractivity contribution in [2.24, 2.45) is 11.8 Å². The molecule has 0 spiro atoms. The second kappa shape index (κ2) is 14.4. The van der Waals surface area contributed by atoms with Crippen LogP contribution in [0, 0.1) is 25.7 Å². The maximum Gasteiger partial charge on any atom is 0.248 e. The monoisotopic (exact) mass is 630 g/mol. The average Bonchev–Trinajstić information content (AvgIpc) is 3.82. The number of hydrogen-bond acceptors (Lipinski definition) is 6. The minimum absolute atomic E-state index is 0.0404. The van der Waals surface area contributed by atoms with Crippen LogP contribution in [0.1, 0.15) is 114 Å². The van der Waals surface area contributed by atoms with Gasteiger partial charge < -0.3 is 8.83 Å². The van der Waals surface area contributed by atoms with Crippen molar-refractivity contribution in [3.8, 4) is 45.5 Å². The second-order valence-electron chi connectivity index (χ2n) is 13.7. The SMILES string of the molecule is CCCCC(CC)CC1(CC(CC)CCCC)c2cc(C)ccc2-c2ccc(-c3nnc(-c4ccc(-c5nnc(C)o5)cc4)o3)cc21. The van der Waals surface area contributed by atoms with Gasteiger partial charge in [0.05, 0.1) is 0 Å². The predicted molar refractivity (Wildman–Crippen MR) is 190 cm³/mol. The standard InChI is InChI=1S/C41H50N4O2/c1-7-11-13-29(9-3)25-41(26-30(10-4)14-12-8-2)36-23-27(5)15-21-34(36)35-22-20-33(24-37(35)41)40-45-44-39(47-40)32-18-16-31(17-19-32)38-43-42-28(6)46-38/h15-24,29-30H,7-14,25-26H2,1-6H3. The van der Waals surface area contributed by atoms with Crippen molar-refractivity contribution in [1.29, 1.82) is 0 Å². The summed E-state index contributed by atoms with van der Waals surface area (Å²) in [5.41, 5.74) is 9.72. The zero-order valence-corrected chi connectivity index (χ0v) is 29.1. The number of hydrogen-bond donors (Lipinski definition) is 0. The second-order valence-corrected chi connectivity index (χ2v) is 13.7. The number of benzene rings is 3. The van der Waals surface area contributed by atoms with E-state index in [0.29, 0.717) is 35.4 Å². The molecule has 0 saturated heterocycles. The lowest BCUT2D eigenvalue weighted by Crippen LogP contribution is -2.31. The van der Waals surface area contributed by atoms with Crippen LogP contribution >= 0.6 is 0 Å². The van der Waals surface area contributed by atoms with Crippen molar-refractivity contribution in [2.45, 2.75) is 111 Å². The van der Waals surface area contributed by atoms with Gasteiger partial charge in [-0.1, -0.05) is 109 Å². The Morgan fingerprint density at radius 3 is 1.60 bits per heavy atom. The first-order valence-electron chi connectivity index (χ1n) is 17.9. The molecule has 2 aromatic heterocycles. The number of aryl methyl sites for hydroxylation is 2. The summed E-state index contributed by atoms with van der Waals surface area (Å²) in [7, 11) is 0. The molecule has 0 aliphatic heterocycles. The molecule has 3 aromatic carbocycles. The summed E-state index contributed by atoms with van der Waals surface area (Å²) in [5, 5.41) is 17.1. The van der Waals surface area contributed by atoms with Crippen LogP contribution in [0.3, 0.4) is 0 Å². The Kier molecular flexibility index (Phi) is 10.0. The fourth-order valence-electron chi connectivity index (χ4n) is 7.76. The molecule has 0 saturated carbocycles. The van der Waals surface area contributed by atoms with Gasteiger partial charge in [-0.2, -0.15) is 0 Å². The van der Waals surface area contributed by atoms with Crippen molar-refractivity contribution in [1.82, 2.24) is 20.4 Å². The van der Waals surface area contributed by atoms with Crippen LogP contribution in [0.4, 0.5) is 0 Å². The maximum atomic E-state index is 6.37. The molecule has 5 aromatic rings. The van der Waals surface area contributed by atoms with E-state index in [9.17, 15) is 0 Å². The zero-order chi connectivity index (χ0) is 33.0. The quantitative estimate of drug-likeness (QED) is 0.114. The van der Waals surface area contributed by atoms with Gasteiger partial charge in [-0.25, -0.2) is 0 Å². The van der Waals surface area contributed by atoms with Crippen LogP contribution in [0.5, 0.6) is 0 Å². The number of rotatable bonds is 15. The van der Waals surface area contributed by atoms with E-state index in [-0.39, 0.29) is 5.41 Å². The van der Waals surface area contributed by atoms with Gasteiger partial charge in [-0.15, -0.1) is 20.4 Å². The highest BCUT2D eigenvalue weighted by Gasteiger charge is 2.45. The van der Waals surface area contributed by atoms with Gasteiger partial charge >= 0.3 is 0 Å². The summed E-state index contributed by atoms with van der Waals surface area (Å²) in [4.78, 5) is 0. The molecule has 0 fully saturated rings. The van der Waals surface area contributed by atoms with Crippen LogP contribution in [0.25, 0.3) is 45.5 Å². The van der Waals surface area contributed by atoms with E-state index in [2.05, 4.69) is 91.4 Å². The lowest BCUT2D eigenvalue weighted by atomic mass is 9.65. The molecule has 1 aliphatic carbocycles. The van der Waals surface area contributed by atoms with Crippen molar-refractivity contribution < 1.29 is 8.83 Å². The molecule has 0 amide bonds. The van der Waals surface area contributed by atoms with Gasteiger partial charge in [-0.05, 0) is 90.3 Å². The van der Waals surface area contributed by atoms with Crippen LogP contribution in [-0.4, -0.2) is 20.4 Å². The summed E-state index contributed by atoms with van der Waals surface area (Å²) < 4.78 is 12.0. The predicted octanol–water partition coefficient (Wildman–Crippen LogP) is 11.5. The van der Waals surface area contributed by atoms with Gasteiger partial charge in [0.2, 0.25) is 23.6 Å². The molecule has 2 heterocycles. The van der Waals surface area contributed by atoms with E-state index in [1.165, 1.54) is 92.0 Å². The van der Waals surface area contributed by atoms with Crippen molar-refractivity contribution in [3.05, 3.63) is 83.2 Å². The summed E-state index contributed by atoms with van der Waals surface area (Å²) in [5.74, 6) is 3.44. The normalized spacial score (nSPS) is 16.6. The molecule has 0 radical (unpaired) electrons. The molecule has 6 heteroatoms. The minimum Gasteiger partial charge on any atom is -0.421 e. The molecule has 0 bridgehead atoms. The van der Waals surface area contributed by atoms with Crippen LogP contribution in [0.15, 0.2) is 69.5 Å². The number of fused-ring (bicyclic) bond motifs is 3. The first-order valence-corrected chi connectivity index (χ1v) is 17.9. The lowest BCUT2D eigenvalue weighted by Gasteiger charge is -2.39. The van der Waals surface area contributed by atoms with E-state index in [0.717, 1.165) is 16.7 Å². The molecule has 2 unspecified atom stereocenters.